The van der Waals surface area contributed by atoms with Gasteiger partial charge in [0.15, 0.2) is 0 Å². The first-order chi connectivity index (χ1) is 18.0. The van der Waals surface area contributed by atoms with Gasteiger partial charge in [0.1, 0.15) is 5.82 Å². The fourth-order valence-electron chi connectivity index (χ4n) is 5.18. The van der Waals surface area contributed by atoms with Crippen molar-refractivity contribution in [1.29, 1.82) is 0 Å². The smallest absolute Gasteiger partial charge is 0.230 e. The standard InChI is InChI=1S/C32H35N3O/c1-4-9-24-10-8-13-29(20-24)35(32(36)27-11-6-5-7-12-27)22-25-14-16-26(17-15-25)28-18-19-30-31(21-28)34(3)23(2)33-30/h4,8-10,13-21,27H,5-7,11-12,22H2,1-3H3/b9-4+/i22D. The van der Waals surface area contributed by atoms with Gasteiger partial charge in [-0.2, -0.15) is 0 Å². The van der Waals surface area contributed by atoms with E-state index in [0.29, 0.717) is 0 Å². The molecule has 1 fully saturated rings. The molecule has 4 aromatic rings. The van der Waals surface area contributed by atoms with Gasteiger partial charge in [0.25, 0.3) is 0 Å². The molecular formula is C32H35N3O. The Balaban J connectivity index is 1.47. The lowest BCUT2D eigenvalue weighted by atomic mass is 9.88. The molecule has 36 heavy (non-hydrogen) atoms. The minimum Gasteiger partial charge on any atom is -0.331 e. The van der Waals surface area contributed by atoms with Crippen molar-refractivity contribution in [2.45, 2.75) is 52.5 Å². The zero-order chi connectivity index (χ0) is 25.9. The third kappa shape index (κ3) is 4.99. The van der Waals surface area contributed by atoms with Crippen molar-refractivity contribution in [3.05, 3.63) is 89.8 Å². The highest BCUT2D eigenvalue weighted by Crippen LogP contribution is 2.30. The molecule has 1 aromatic heterocycles. The molecule has 1 amide bonds. The summed E-state index contributed by atoms with van der Waals surface area (Å²) in [4.78, 5) is 20.1. The van der Waals surface area contributed by atoms with Crippen LogP contribution < -0.4 is 4.90 Å². The minimum absolute atomic E-state index is 0.0136. The second kappa shape index (κ2) is 10.5. The van der Waals surface area contributed by atoms with Gasteiger partial charge in [0, 0.05) is 18.7 Å². The first kappa shape index (κ1) is 22.8. The predicted molar refractivity (Wildman–Crippen MR) is 150 cm³/mol. The Morgan fingerprint density at radius 1 is 1.06 bits per heavy atom. The fraction of sp³-hybridized carbons (Fsp3) is 0.312. The second-order valence-corrected chi connectivity index (χ2v) is 9.81. The molecule has 1 aliphatic rings. The van der Waals surface area contributed by atoms with Gasteiger partial charge in [0.05, 0.1) is 18.9 Å². The van der Waals surface area contributed by atoms with Gasteiger partial charge >= 0.3 is 0 Å². The number of benzene rings is 3. The van der Waals surface area contributed by atoms with Crippen LogP contribution in [0.2, 0.25) is 0 Å². The lowest BCUT2D eigenvalue weighted by Crippen LogP contribution is -2.36. The quantitative estimate of drug-likeness (QED) is 0.285. The molecule has 0 spiro atoms. The normalized spacial score (nSPS) is 15.8. The summed E-state index contributed by atoms with van der Waals surface area (Å²) < 4.78 is 11.3. The second-order valence-electron chi connectivity index (χ2n) is 9.81. The van der Waals surface area contributed by atoms with Gasteiger partial charge in [0.2, 0.25) is 5.91 Å². The van der Waals surface area contributed by atoms with Crippen LogP contribution in [0.15, 0.2) is 72.8 Å². The monoisotopic (exact) mass is 478 g/mol. The first-order valence-corrected chi connectivity index (χ1v) is 13.0. The first-order valence-electron chi connectivity index (χ1n) is 13.6. The van der Waals surface area contributed by atoms with Gasteiger partial charge in [-0.3, -0.25) is 4.79 Å². The van der Waals surface area contributed by atoms with Crippen LogP contribution in [0.4, 0.5) is 5.69 Å². The van der Waals surface area contributed by atoms with Gasteiger partial charge in [-0.15, -0.1) is 0 Å². The lowest BCUT2D eigenvalue weighted by molar-refractivity contribution is -0.123. The van der Waals surface area contributed by atoms with Gasteiger partial charge in [-0.05, 0) is 73.2 Å². The van der Waals surface area contributed by atoms with E-state index in [9.17, 15) is 6.17 Å². The third-order valence-electron chi connectivity index (χ3n) is 7.33. The highest BCUT2D eigenvalue weighted by atomic mass is 16.2. The molecule has 4 heteroatoms. The van der Waals surface area contributed by atoms with Crippen molar-refractivity contribution in [1.82, 2.24) is 9.55 Å². The number of hydrogen-bond donors (Lipinski definition) is 0. The molecule has 1 atom stereocenters. The number of allylic oxidation sites excluding steroid dienone is 1. The van der Waals surface area contributed by atoms with E-state index in [4.69, 9.17) is 0 Å². The van der Waals surface area contributed by atoms with Crippen LogP contribution in [0.1, 0.15) is 57.3 Å². The van der Waals surface area contributed by atoms with Crippen LogP contribution in [0.3, 0.4) is 0 Å². The Morgan fingerprint density at radius 2 is 1.81 bits per heavy atom. The SMILES string of the molecule is [2H]C(c1ccc(-c2ccc3nc(C)n(C)c3c2)cc1)N(C(=O)C1CCCCC1)c1cccc(/C=C/C)c1. The van der Waals surface area contributed by atoms with E-state index in [-0.39, 0.29) is 11.8 Å². The highest BCUT2D eigenvalue weighted by Gasteiger charge is 2.27. The van der Waals surface area contributed by atoms with E-state index < -0.39 is 6.52 Å². The zero-order valence-corrected chi connectivity index (χ0v) is 21.4. The average Bonchev–Trinajstić information content (AvgIpc) is 3.22. The van der Waals surface area contributed by atoms with Crippen LogP contribution in [-0.4, -0.2) is 15.5 Å². The molecule has 5 rings (SSSR count). The molecule has 0 radical (unpaired) electrons. The molecule has 4 nitrogen and oxygen atoms in total. The number of aryl methyl sites for hydroxylation is 2. The van der Waals surface area contributed by atoms with Crippen molar-refractivity contribution in [3.8, 4) is 11.1 Å². The summed E-state index contributed by atoms with van der Waals surface area (Å²) in [6.07, 6.45) is 9.20. The van der Waals surface area contributed by atoms with Crippen molar-refractivity contribution >= 4 is 28.7 Å². The summed E-state index contributed by atoms with van der Waals surface area (Å²) in [6.45, 7) is 3.18. The number of amides is 1. The number of nitrogens with zero attached hydrogens (tertiary/aromatic N) is 3. The average molecular weight is 479 g/mol. The number of hydrogen-bond acceptors (Lipinski definition) is 2. The summed E-state index contributed by atoms with van der Waals surface area (Å²) >= 11 is 0. The maximum absolute atomic E-state index is 13.8. The van der Waals surface area contributed by atoms with Crippen molar-refractivity contribution in [2.24, 2.45) is 13.0 Å². The molecule has 0 bridgehead atoms. The molecule has 0 saturated heterocycles. The number of carbonyl (C=O) groups is 1. The molecule has 3 aromatic carbocycles. The fourth-order valence-corrected chi connectivity index (χ4v) is 5.18. The Morgan fingerprint density at radius 3 is 2.56 bits per heavy atom. The predicted octanol–water partition coefficient (Wildman–Crippen LogP) is 7.70. The largest absolute Gasteiger partial charge is 0.331 e. The number of anilines is 1. The highest BCUT2D eigenvalue weighted by molar-refractivity contribution is 5.95. The third-order valence-corrected chi connectivity index (χ3v) is 7.33. The molecule has 1 heterocycles. The molecule has 1 saturated carbocycles. The number of rotatable bonds is 6. The Kier molecular flexibility index (Phi) is 6.66. The van der Waals surface area contributed by atoms with Gasteiger partial charge in [-0.25, -0.2) is 4.98 Å². The minimum atomic E-state index is -0.813. The van der Waals surface area contributed by atoms with Crippen molar-refractivity contribution in [2.75, 3.05) is 4.90 Å². The number of aromatic nitrogens is 2. The summed E-state index contributed by atoms with van der Waals surface area (Å²) in [5, 5.41) is 0. The van der Waals surface area contributed by atoms with Crippen LogP contribution >= 0.6 is 0 Å². The van der Waals surface area contributed by atoms with Crippen molar-refractivity contribution in [3.63, 3.8) is 0 Å². The van der Waals surface area contributed by atoms with Crippen molar-refractivity contribution < 1.29 is 6.17 Å². The number of carbonyl (C=O) groups excluding carboxylic acids is 1. The van der Waals surface area contributed by atoms with E-state index in [1.807, 2.05) is 69.4 Å². The molecule has 1 aliphatic carbocycles. The summed E-state index contributed by atoms with van der Waals surface area (Å²) in [5.41, 5.74) is 6.90. The van der Waals surface area contributed by atoms with E-state index >= 15 is 0 Å². The molecule has 184 valence electrons. The Bertz CT molecular complexity index is 1430. The van der Waals surface area contributed by atoms with Crippen LogP contribution in [0, 0.1) is 12.8 Å². The number of imidazole rings is 1. The summed E-state index contributed by atoms with van der Waals surface area (Å²) in [7, 11) is 2.03. The lowest BCUT2D eigenvalue weighted by Gasteiger charge is -2.30. The van der Waals surface area contributed by atoms with Gasteiger partial charge < -0.3 is 9.47 Å². The Labute approximate surface area is 215 Å². The molecular weight excluding hydrogens is 442 g/mol. The van der Waals surface area contributed by atoms with Crippen LogP contribution in [-0.2, 0) is 18.4 Å². The summed E-state index contributed by atoms with van der Waals surface area (Å²) in [6, 6.07) is 22.4. The number of fused-ring (bicyclic) bond motifs is 1. The van der Waals surface area contributed by atoms with E-state index in [1.54, 1.807) is 4.90 Å². The zero-order valence-electron chi connectivity index (χ0n) is 22.4. The maximum Gasteiger partial charge on any atom is 0.230 e. The van der Waals surface area contributed by atoms with Crippen LogP contribution in [0.25, 0.3) is 28.2 Å². The topological polar surface area (TPSA) is 38.1 Å². The van der Waals surface area contributed by atoms with Gasteiger partial charge in [-0.1, -0.05) is 73.9 Å². The maximum atomic E-state index is 13.8. The molecule has 0 aliphatic heterocycles. The van der Waals surface area contributed by atoms with E-state index in [2.05, 4.69) is 39.9 Å². The van der Waals surface area contributed by atoms with E-state index in [1.165, 1.54) is 6.42 Å². The van der Waals surface area contributed by atoms with Crippen LogP contribution in [0.5, 0.6) is 0 Å². The molecule has 0 N–H and O–H groups in total. The Hall–Kier alpha value is -3.66. The van der Waals surface area contributed by atoms with E-state index in [0.717, 1.165) is 70.5 Å². The summed E-state index contributed by atoms with van der Waals surface area (Å²) in [5.74, 6) is 1.04. The molecule has 1 unspecified atom stereocenters.